The van der Waals surface area contributed by atoms with Crippen molar-refractivity contribution in [2.24, 2.45) is 16.3 Å². The SMILES string of the molecule is CCCCCN(C(=O)C(C)(C)C(N)=NO)C(C)C. The molecule has 5 nitrogen and oxygen atoms in total. The second kappa shape index (κ2) is 7.24. The third-order valence-corrected chi connectivity index (χ3v) is 3.17. The van der Waals surface area contributed by atoms with Crippen molar-refractivity contribution < 1.29 is 10.0 Å². The Hall–Kier alpha value is -1.26. The van der Waals surface area contributed by atoms with Crippen LogP contribution < -0.4 is 5.73 Å². The summed E-state index contributed by atoms with van der Waals surface area (Å²) in [5, 5.41) is 11.7. The van der Waals surface area contributed by atoms with Crippen molar-refractivity contribution in [3.05, 3.63) is 0 Å². The average molecular weight is 257 g/mol. The van der Waals surface area contributed by atoms with E-state index < -0.39 is 5.41 Å². The first-order chi connectivity index (χ1) is 8.28. The predicted octanol–water partition coefficient (Wildman–Crippen LogP) is 2.19. The van der Waals surface area contributed by atoms with E-state index in [1.807, 2.05) is 13.8 Å². The second-order valence-corrected chi connectivity index (χ2v) is 5.41. The molecule has 0 spiro atoms. The third kappa shape index (κ3) is 4.20. The van der Waals surface area contributed by atoms with Gasteiger partial charge in [0.2, 0.25) is 5.91 Å². The first-order valence-electron chi connectivity index (χ1n) is 6.58. The number of carbonyl (C=O) groups excluding carboxylic acids is 1. The molecule has 0 saturated carbocycles. The summed E-state index contributed by atoms with van der Waals surface area (Å²) in [5.41, 5.74) is 4.63. The number of hydrogen-bond donors (Lipinski definition) is 2. The minimum absolute atomic E-state index is 0.0476. The Kier molecular flexibility index (Phi) is 6.73. The van der Waals surface area contributed by atoms with Gasteiger partial charge in [-0.05, 0) is 34.1 Å². The van der Waals surface area contributed by atoms with Gasteiger partial charge in [-0.2, -0.15) is 0 Å². The van der Waals surface area contributed by atoms with Crippen LogP contribution in [0.3, 0.4) is 0 Å². The van der Waals surface area contributed by atoms with Gasteiger partial charge in [0.15, 0.2) is 5.84 Å². The summed E-state index contributed by atoms with van der Waals surface area (Å²) < 4.78 is 0. The van der Waals surface area contributed by atoms with E-state index in [2.05, 4.69) is 12.1 Å². The molecule has 1 amide bonds. The van der Waals surface area contributed by atoms with Gasteiger partial charge in [-0.25, -0.2) is 0 Å². The van der Waals surface area contributed by atoms with Crippen molar-refractivity contribution in [1.29, 1.82) is 0 Å². The van der Waals surface area contributed by atoms with Crippen molar-refractivity contribution in [3.63, 3.8) is 0 Å². The van der Waals surface area contributed by atoms with Gasteiger partial charge in [-0.3, -0.25) is 4.79 Å². The fourth-order valence-electron chi connectivity index (χ4n) is 1.72. The van der Waals surface area contributed by atoms with Crippen LogP contribution in [-0.4, -0.2) is 34.4 Å². The molecular weight excluding hydrogens is 230 g/mol. The first-order valence-corrected chi connectivity index (χ1v) is 6.58. The van der Waals surface area contributed by atoms with E-state index in [0.717, 1.165) is 19.3 Å². The van der Waals surface area contributed by atoms with E-state index >= 15 is 0 Å². The standard InChI is InChI=1S/C13H27N3O2/c1-6-7-8-9-16(10(2)3)12(17)13(4,5)11(14)15-18/h10,18H,6-9H2,1-5H3,(H2,14,15). The maximum absolute atomic E-state index is 12.5. The Labute approximate surface area is 110 Å². The molecule has 0 aromatic rings. The van der Waals surface area contributed by atoms with Gasteiger partial charge in [0.25, 0.3) is 0 Å². The Balaban J connectivity index is 4.86. The van der Waals surface area contributed by atoms with Gasteiger partial charge in [0.05, 0.1) is 0 Å². The Morgan fingerprint density at radius 2 is 1.94 bits per heavy atom. The Morgan fingerprint density at radius 3 is 2.33 bits per heavy atom. The highest BCUT2D eigenvalue weighted by Gasteiger charge is 2.37. The number of nitrogens with zero attached hydrogens (tertiary/aromatic N) is 2. The molecule has 0 aliphatic heterocycles. The van der Waals surface area contributed by atoms with Crippen LogP contribution in [0.1, 0.15) is 53.9 Å². The van der Waals surface area contributed by atoms with Crippen molar-refractivity contribution in [1.82, 2.24) is 4.90 Å². The molecule has 0 heterocycles. The molecule has 0 atom stereocenters. The Morgan fingerprint density at radius 1 is 1.39 bits per heavy atom. The number of unbranched alkanes of at least 4 members (excludes halogenated alkanes) is 2. The highest BCUT2D eigenvalue weighted by molar-refractivity contribution is 6.05. The first kappa shape index (κ1) is 16.7. The van der Waals surface area contributed by atoms with Gasteiger partial charge in [0, 0.05) is 12.6 Å². The quantitative estimate of drug-likeness (QED) is 0.241. The number of oxime groups is 1. The fourth-order valence-corrected chi connectivity index (χ4v) is 1.72. The lowest BCUT2D eigenvalue weighted by atomic mass is 9.89. The molecule has 0 aliphatic rings. The number of carbonyl (C=O) groups is 1. The average Bonchev–Trinajstić information content (AvgIpc) is 2.32. The number of nitrogens with two attached hydrogens (primary N) is 1. The van der Waals surface area contributed by atoms with E-state index in [1.54, 1.807) is 18.7 Å². The molecule has 3 N–H and O–H groups in total. The highest BCUT2D eigenvalue weighted by Crippen LogP contribution is 2.21. The second-order valence-electron chi connectivity index (χ2n) is 5.41. The van der Waals surface area contributed by atoms with E-state index in [1.165, 1.54) is 0 Å². The zero-order chi connectivity index (χ0) is 14.3. The minimum atomic E-state index is -0.967. The molecule has 0 rings (SSSR count). The molecule has 0 aliphatic carbocycles. The van der Waals surface area contributed by atoms with Crippen molar-refractivity contribution in [2.75, 3.05) is 6.54 Å². The van der Waals surface area contributed by atoms with Gasteiger partial charge in [0.1, 0.15) is 5.41 Å². The lowest BCUT2D eigenvalue weighted by Crippen LogP contribution is -2.50. The third-order valence-electron chi connectivity index (χ3n) is 3.17. The molecule has 0 radical (unpaired) electrons. The largest absolute Gasteiger partial charge is 0.409 e. The molecular formula is C13H27N3O2. The van der Waals surface area contributed by atoms with Gasteiger partial charge in [-0.1, -0.05) is 24.9 Å². The summed E-state index contributed by atoms with van der Waals surface area (Å²) in [4.78, 5) is 14.3. The monoisotopic (exact) mass is 257 g/mol. The van der Waals surface area contributed by atoms with Crippen LogP contribution in [0, 0.1) is 5.41 Å². The number of amidine groups is 1. The van der Waals surface area contributed by atoms with Crippen LogP contribution in [0.15, 0.2) is 5.16 Å². The van der Waals surface area contributed by atoms with Crippen LogP contribution in [-0.2, 0) is 4.79 Å². The van der Waals surface area contributed by atoms with Crippen LogP contribution in [0.2, 0.25) is 0 Å². The summed E-state index contributed by atoms with van der Waals surface area (Å²) in [7, 11) is 0. The summed E-state index contributed by atoms with van der Waals surface area (Å²) >= 11 is 0. The van der Waals surface area contributed by atoms with E-state index in [-0.39, 0.29) is 17.8 Å². The molecule has 0 aromatic heterocycles. The van der Waals surface area contributed by atoms with Crippen LogP contribution >= 0.6 is 0 Å². The van der Waals surface area contributed by atoms with Crippen molar-refractivity contribution in [3.8, 4) is 0 Å². The summed E-state index contributed by atoms with van der Waals surface area (Å²) in [6.45, 7) is 10.2. The van der Waals surface area contributed by atoms with E-state index in [4.69, 9.17) is 10.9 Å². The van der Waals surface area contributed by atoms with Crippen molar-refractivity contribution >= 4 is 11.7 Å². The summed E-state index contributed by atoms with van der Waals surface area (Å²) in [5.74, 6) is -0.141. The predicted molar refractivity (Wildman–Crippen MR) is 73.6 cm³/mol. The number of amides is 1. The molecule has 0 unspecified atom stereocenters. The van der Waals surface area contributed by atoms with Gasteiger partial charge >= 0.3 is 0 Å². The molecule has 0 bridgehead atoms. The minimum Gasteiger partial charge on any atom is -0.409 e. The molecule has 18 heavy (non-hydrogen) atoms. The number of hydrogen-bond acceptors (Lipinski definition) is 3. The Bertz CT molecular complexity index is 299. The molecule has 0 aromatic carbocycles. The van der Waals surface area contributed by atoms with Gasteiger partial charge in [-0.15, -0.1) is 0 Å². The maximum Gasteiger partial charge on any atom is 0.236 e. The van der Waals surface area contributed by atoms with Crippen LogP contribution in [0.5, 0.6) is 0 Å². The van der Waals surface area contributed by atoms with Crippen LogP contribution in [0.25, 0.3) is 0 Å². The topological polar surface area (TPSA) is 78.9 Å². The molecule has 5 heteroatoms. The lowest BCUT2D eigenvalue weighted by molar-refractivity contribution is -0.138. The normalized spacial score (nSPS) is 12.9. The zero-order valence-electron chi connectivity index (χ0n) is 12.2. The van der Waals surface area contributed by atoms with E-state index in [9.17, 15) is 4.79 Å². The van der Waals surface area contributed by atoms with Gasteiger partial charge < -0.3 is 15.8 Å². The number of rotatable bonds is 7. The zero-order valence-corrected chi connectivity index (χ0v) is 12.2. The summed E-state index contributed by atoms with van der Waals surface area (Å²) in [6.07, 6.45) is 3.19. The molecule has 0 saturated heterocycles. The highest BCUT2D eigenvalue weighted by atomic mass is 16.4. The maximum atomic E-state index is 12.5. The lowest BCUT2D eigenvalue weighted by Gasteiger charge is -2.34. The molecule has 0 fully saturated rings. The molecule has 106 valence electrons. The summed E-state index contributed by atoms with van der Waals surface area (Å²) in [6, 6.07) is 0.111. The smallest absolute Gasteiger partial charge is 0.236 e. The van der Waals surface area contributed by atoms with Crippen molar-refractivity contribution in [2.45, 2.75) is 59.9 Å². The van der Waals surface area contributed by atoms with Crippen LogP contribution in [0.4, 0.5) is 0 Å². The van der Waals surface area contributed by atoms with E-state index in [0.29, 0.717) is 6.54 Å². The fraction of sp³-hybridized carbons (Fsp3) is 0.846.